The predicted octanol–water partition coefficient (Wildman–Crippen LogP) is 3.87. The number of H-pyrrole nitrogens is 1. The second-order valence-corrected chi connectivity index (χ2v) is 7.90. The van der Waals surface area contributed by atoms with E-state index in [1.54, 1.807) is 25.1 Å². The van der Waals surface area contributed by atoms with Gasteiger partial charge in [0.05, 0.1) is 5.69 Å². The van der Waals surface area contributed by atoms with Gasteiger partial charge in [0.2, 0.25) is 11.9 Å². The summed E-state index contributed by atoms with van der Waals surface area (Å²) in [6, 6.07) is 15.2. The lowest BCUT2D eigenvalue weighted by atomic mass is 10.1. The van der Waals surface area contributed by atoms with Crippen LogP contribution in [0.1, 0.15) is 28.8 Å². The fourth-order valence-corrected chi connectivity index (χ4v) is 3.57. The van der Waals surface area contributed by atoms with Gasteiger partial charge in [-0.25, -0.2) is 4.98 Å². The minimum Gasteiger partial charge on any atom is -0.351 e. The molecule has 0 aliphatic rings. The molecule has 1 amide bonds. The summed E-state index contributed by atoms with van der Waals surface area (Å²) in [5, 5.41) is 9.55. The van der Waals surface area contributed by atoms with Crippen molar-refractivity contribution in [3.63, 3.8) is 0 Å². The molecule has 0 saturated heterocycles. The number of fused-ring (bicyclic) bond motifs is 1. The van der Waals surface area contributed by atoms with Crippen molar-refractivity contribution < 1.29 is 4.79 Å². The Morgan fingerprint density at radius 1 is 1.09 bits per heavy atom. The summed E-state index contributed by atoms with van der Waals surface area (Å²) in [5.41, 5.74) is 3.31. The first-order chi connectivity index (χ1) is 15.4. The highest BCUT2D eigenvalue weighted by molar-refractivity contribution is 6.31. The fourth-order valence-electron chi connectivity index (χ4n) is 3.40. The maximum Gasteiger partial charge on any atom is 0.277 e. The molecule has 0 unspecified atom stereocenters. The number of hydrogen-bond donors (Lipinski definition) is 3. The van der Waals surface area contributed by atoms with E-state index in [1.165, 1.54) is 4.52 Å². The van der Waals surface area contributed by atoms with E-state index in [9.17, 15) is 9.59 Å². The van der Waals surface area contributed by atoms with E-state index in [2.05, 4.69) is 25.7 Å². The molecule has 9 heteroatoms. The number of carbonyl (C=O) groups excluding carboxylic acids is 1. The van der Waals surface area contributed by atoms with Gasteiger partial charge in [-0.3, -0.25) is 14.7 Å². The van der Waals surface area contributed by atoms with E-state index >= 15 is 0 Å². The Morgan fingerprint density at radius 3 is 2.66 bits per heavy atom. The first-order valence-corrected chi connectivity index (χ1v) is 10.6. The Bertz CT molecular complexity index is 1330. The summed E-state index contributed by atoms with van der Waals surface area (Å²) in [5.74, 6) is 0.532. The zero-order chi connectivity index (χ0) is 22.7. The SMILES string of the molecule is Cc1nc2nc(NCc3ccccc3)[nH]n2c(=O)c1CCC(=O)Nc1cccc(Cl)c1C. The summed E-state index contributed by atoms with van der Waals surface area (Å²) in [7, 11) is 0. The number of hydrogen-bond acceptors (Lipinski definition) is 5. The molecule has 2 aromatic carbocycles. The average Bonchev–Trinajstić information content (AvgIpc) is 3.19. The number of rotatable bonds is 7. The average molecular weight is 451 g/mol. The smallest absolute Gasteiger partial charge is 0.277 e. The number of amides is 1. The fraction of sp³-hybridized carbons (Fsp3) is 0.217. The molecule has 164 valence electrons. The van der Waals surface area contributed by atoms with Gasteiger partial charge in [0.1, 0.15) is 0 Å². The van der Waals surface area contributed by atoms with E-state index < -0.39 is 0 Å². The Labute approximate surface area is 189 Å². The number of aromatic amines is 1. The molecular formula is C23H23ClN6O2. The van der Waals surface area contributed by atoms with E-state index in [4.69, 9.17) is 11.6 Å². The Morgan fingerprint density at radius 2 is 1.88 bits per heavy atom. The number of carbonyl (C=O) groups is 1. The van der Waals surface area contributed by atoms with Gasteiger partial charge in [-0.05, 0) is 43.5 Å². The summed E-state index contributed by atoms with van der Waals surface area (Å²) < 4.78 is 1.30. The number of benzene rings is 2. The van der Waals surface area contributed by atoms with E-state index in [-0.39, 0.29) is 30.1 Å². The normalized spacial score (nSPS) is 11.0. The zero-order valence-electron chi connectivity index (χ0n) is 17.8. The Kier molecular flexibility index (Phi) is 6.23. The van der Waals surface area contributed by atoms with Gasteiger partial charge >= 0.3 is 0 Å². The molecule has 0 aliphatic carbocycles. The number of aromatic nitrogens is 4. The number of nitrogens with one attached hydrogen (secondary N) is 3. The minimum absolute atomic E-state index is 0.142. The maximum atomic E-state index is 13.0. The van der Waals surface area contributed by atoms with Crippen LogP contribution in [0, 0.1) is 13.8 Å². The van der Waals surface area contributed by atoms with Crippen LogP contribution in [-0.2, 0) is 17.8 Å². The van der Waals surface area contributed by atoms with Crippen molar-refractivity contribution in [2.75, 3.05) is 10.6 Å². The molecule has 0 spiro atoms. The molecule has 8 nitrogen and oxygen atoms in total. The third-order valence-electron chi connectivity index (χ3n) is 5.24. The highest BCUT2D eigenvalue weighted by atomic mass is 35.5. The van der Waals surface area contributed by atoms with Gasteiger partial charge in [0, 0.05) is 29.2 Å². The van der Waals surface area contributed by atoms with Crippen LogP contribution < -0.4 is 16.2 Å². The summed E-state index contributed by atoms with van der Waals surface area (Å²) in [6.07, 6.45) is 0.404. The molecule has 4 rings (SSSR count). The van der Waals surface area contributed by atoms with Crippen LogP contribution in [0.4, 0.5) is 11.6 Å². The number of halogens is 1. The van der Waals surface area contributed by atoms with E-state index in [1.807, 2.05) is 37.3 Å². The molecule has 0 bridgehead atoms. The standard InChI is InChI=1S/C23H23ClN6O2/c1-14-18(24)9-6-10-19(14)27-20(31)12-11-17-15(2)26-23-28-22(29-30(23)21(17)32)25-13-16-7-4-3-5-8-16/h3-10H,11-13H2,1-2H3,(H,27,31)(H2,25,26,28,29). The monoisotopic (exact) mass is 450 g/mol. The quantitative estimate of drug-likeness (QED) is 0.396. The third kappa shape index (κ3) is 4.65. The first kappa shape index (κ1) is 21.6. The lowest BCUT2D eigenvalue weighted by Crippen LogP contribution is -2.23. The third-order valence-corrected chi connectivity index (χ3v) is 5.65. The Hall–Kier alpha value is -3.65. The topological polar surface area (TPSA) is 104 Å². The van der Waals surface area contributed by atoms with E-state index in [0.29, 0.717) is 34.5 Å². The van der Waals surface area contributed by atoms with Crippen molar-refractivity contribution in [3.05, 3.63) is 86.3 Å². The molecule has 4 aromatic rings. The van der Waals surface area contributed by atoms with Crippen LogP contribution in [0.3, 0.4) is 0 Å². The zero-order valence-corrected chi connectivity index (χ0v) is 18.5. The summed E-state index contributed by atoms with van der Waals surface area (Å²) in [6.45, 7) is 4.15. The molecule has 0 saturated carbocycles. The molecule has 0 atom stereocenters. The van der Waals surface area contributed by atoms with Crippen LogP contribution in [-0.4, -0.2) is 25.5 Å². The van der Waals surface area contributed by atoms with Gasteiger partial charge in [0.25, 0.3) is 11.3 Å². The maximum absolute atomic E-state index is 13.0. The van der Waals surface area contributed by atoms with E-state index in [0.717, 1.165) is 11.1 Å². The Balaban J connectivity index is 1.47. The van der Waals surface area contributed by atoms with Crippen molar-refractivity contribution in [2.45, 2.75) is 33.2 Å². The molecule has 0 fully saturated rings. The van der Waals surface area contributed by atoms with Crippen molar-refractivity contribution in [1.29, 1.82) is 0 Å². The molecule has 3 N–H and O–H groups in total. The van der Waals surface area contributed by atoms with Crippen molar-refractivity contribution in [3.8, 4) is 0 Å². The molecule has 0 aliphatic heterocycles. The molecule has 2 aromatic heterocycles. The molecular weight excluding hydrogens is 428 g/mol. The molecule has 0 radical (unpaired) electrons. The van der Waals surface area contributed by atoms with Crippen molar-refractivity contribution >= 4 is 34.9 Å². The van der Waals surface area contributed by atoms with Crippen LogP contribution in [0.15, 0.2) is 53.3 Å². The van der Waals surface area contributed by atoms with Crippen LogP contribution in [0.2, 0.25) is 5.02 Å². The van der Waals surface area contributed by atoms with Gasteiger partial charge < -0.3 is 10.6 Å². The largest absolute Gasteiger partial charge is 0.351 e. The van der Waals surface area contributed by atoms with Gasteiger partial charge in [-0.1, -0.05) is 48.0 Å². The highest BCUT2D eigenvalue weighted by Crippen LogP contribution is 2.23. The molecule has 2 heterocycles. The number of anilines is 2. The van der Waals surface area contributed by atoms with Crippen LogP contribution in [0.25, 0.3) is 5.78 Å². The number of nitrogens with zero attached hydrogens (tertiary/aromatic N) is 3. The second-order valence-electron chi connectivity index (χ2n) is 7.49. The van der Waals surface area contributed by atoms with Crippen LogP contribution in [0.5, 0.6) is 0 Å². The van der Waals surface area contributed by atoms with Crippen molar-refractivity contribution in [1.82, 2.24) is 19.6 Å². The first-order valence-electron chi connectivity index (χ1n) is 10.2. The molecule has 32 heavy (non-hydrogen) atoms. The summed E-state index contributed by atoms with van der Waals surface area (Å²) >= 11 is 6.11. The predicted molar refractivity (Wildman–Crippen MR) is 125 cm³/mol. The van der Waals surface area contributed by atoms with Gasteiger partial charge in [0.15, 0.2) is 0 Å². The minimum atomic E-state index is -0.264. The summed E-state index contributed by atoms with van der Waals surface area (Å²) in [4.78, 5) is 34.2. The van der Waals surface area contributed by atoms with Gasteiger partial charge in [-0.15, -0.1) is 0 Å². The second kappa shape index (κ2) is 9.23. The van der Waals surface area contributed by atoms with Gasteiger partial charge in [-0.2, -0.15) is 9.50 Å². The number of aryl methyl sites for hydroxylation is 1. The lowest BCUT2D eigenvalue weighted by Gasteiger charge is -2.10. The lowest BCUT2D eigenvalue weighted by molar-refractivity contribution is -0.116. The van der Waals surface area contributed by atoms with Crippen LogP contribution >= 0.6 is 11.6 Å². The van der Waals surface area contributed by atoms with Crippen molar-refractivity contribution in [2.24, 2.45) is 0 Å². The highest BCUT2D eigenvalue weighted by Gasteiger charge is 2.15.